The zero-order valence-electron chi connectivity index (χ0n) is 21.0. The van der Waals surface area contributed by atoms with E-state index in [4.69, 9.17) is 19.6 Å². The number of rotatable bonds is 8. The molecule has 0 amide bonds. The Labute approximate surface area is 245 Å². The number of methoxy groups -OCH3 is 1. The Kier molecular flexibility index (Phi) is 8.09. The summed E-state index contributed by atoms with van der Waals surface area (Å²) in [7, 11) is 1.52. The molecule has 1 heterocycles. The third kappa shape index (κ3) is 5.54. The van der Waals surface area contributed by atoms with Crippen LogP contribution in [0.4, 0.5) is 0 Å². The molecule has 0 unspecified atom stereocenters. The number of carboxylic acid groups (broad SMARTS) is 1. The molecule has 0 aliphatic carbocycles. The van der Waals surface area contributed by atoms with Gasteiger partial charge >= 0.3 is 5.97 Å². The number of fused-ring (bicyclic) bond motifs is 1. The van der Waals surface area contributed by atoms with E-state index in [1.165, 1.54) is 23.9 Å². The Morgan fingerprint density at radius 3 is 2.40 bits per heavy atom. The summed E-state index contributed by atoms with van der Waals surface area (Å²) in [6.07, 6.45) is 1.55. The highest BCUT2D eigenvalue weighted by molar-refractivity contribution is 9.13. The summed E-state index contributed by atoms with van der Waals surface area (Å²) in [5.74, 6) is 0.307. The normalized spacial score (nSPS) is 11.2. The van der Waals surface area contributed by atoms with Gasteiger partial charge in [-0.25, -0.2) is 9.78 Å². The Balaban J connectivity index is 1.51. The number of aromatic carboxylic acids is 1. The highest BCUT2D eigenvalue weighted by Gasteiger charge is 2.18. The SMILES string of the molecule is COc1cc(C=Nn2c(-c3ccccc3)nc3ccccc3c2=O)c(Br)c(Br)c1OCc1ccc(C(=O)O)cc1. The molecule has 4 aromatic carbocycles. The summed E-state index contributed by atoms with van der Waals surface area (Å²) >= 11 is 7.18. The first-order valence-electron chi connectivity index (χ1n) is 12.0. The third-order valence-electron chi connectivity index (χ3n) is 6.06. The molecular formula is C30H21Br2N3O5. The van der Waals surface area contributed by atoms with Crippen molar-refractivity contribution in [1.29, 1.82) is 0 Å². The quantitative estimate of drug-likeness (QED) is 0.184. The number of nitrogens with zero attached hydrogens (tertiary/aromatic N) is 3. The van der Waals surface area contributed by atoms with Crippen LogP contribution >= 0.6 is 31.9 Å². The molecule has 0 saturated heterocycles. The first-order chi connectivity index (χ1) is 19.4. The molecule has 0 spiro atoms. The standard InChI is InChI=1S/C30H21Br2N3O5/c1-39-24-15-21(25(31)26(32)27(24)40-17-18-11-13-20(14-12-18)30(37)38)16-33-35-28(19-7-3-2-4-8-19)34-23-10-6-5-9-22(23)29(35)36/h2-16H,17H2,1H3,(H,37,38). The zero-order valence-corrected chi connectivity index (χ0v) is 24.2. The lowest BCUT2D eigenvalue weighted by Crippen LogP contribution is -2.20. The average Bonchev–Trinajstić information content (AvgIpc) is 2.98. The first kappa shape index (κ1) is 27.3. The van der Waals surface area contributed by atoms with Gasteiger partial charge in [-0.15, -0.1) is 0 Å². The maximum absolute atomic E-state index is 13.5. The van der Waals surface area contributed by atoms with E-state index >= 15 is 0 Å². The van der Waals surface area contributed by atoms with Crippen LogP contribution in [-0.2, 0) is 6.61 Å². The van der Waals surface area contributed by atoms with Gasteiger partial charge in [0.15, 0.2) is 17.3 Å². The molecule has 0 aliphatic rings. The van der Waals surface area contributed by atoms with E-state index in [0.29, 0.717) is 42.7 Å². The molecule has 0 saturated carbocycles. The van der Waals surface area contributed by atoms with E-state index < -0.39 is 5.97 Å². The second-order valence-corrected chi connectivity index (χ2v) is 10.2. The molecule has 5 aromatic rings. The van der Waals surface area contributed by atoms with Crippen LogP contribution in [0.1, 0.15) is 21.5 Å². The number of halogens is 2. The Morgan fingerprint density at radius 1 is 1.00 bits per heavy atom. The predicted octanol–water partition coefficient (Wildman–Crippen LogP) is 6.76. The lowest BCUT2D eigenvalue weighted by molar-refractivity contribution is 0.0697. The zero-order chi connectivity index (χ0) is 28.2. The number of benzene rings is 4. The molecule has 0 aliphatic heterocycles. The molecule has 1 aromatic heterocycles. The van der Waals surface area contributed by atoms with Gasteiger partial charge in [-0.05, 0) is 67.8 Å². The summed E-state index contributed by atoms with van der Waals surface area (Å²) in [4.78, 5) is 29.3. The van der Waals surface area contributed by atoms with Crippen molar-refractivity contribution in [3.63, 3.8) is 0 Å². The van der Waals surface area contributed by atoms with E-state index in [9.17, 15) is 9.59 Å². The Hall–Kier alpha value is -4.28. The average molecular weight is 663 g/mol. The third-order valence-corrected chi connectivity index (χ3v) is 8.20. The lowest BCUT2D eigenvalue weighted by atomic mass is 10.1. The minimum atomic E-state index is -0.990. The van der Waals surface area contributed by atoms with Gasteiger partial charge in [0.05, 0.1) is 34.3 Å². The van der Waals surface area contributed by atoms with Gasteiger partial charge in [0.1, 0.15) is 6.61 Å². The van der Waals surface area contributed by atoms with Crippen molar-refractivity contribution in [3.8, 4) is 22.9 Å². The molecule has 40 heavy (non-hydrogen) atoms. The molecule has 8 nitrogen and oxygen atoms in total. The summed E-state index contributed by atoms with van der Waals surface area (Å²) in [5.41, 5.74) is 2.66. The molecule has 200 valence electrons. The molecule has 5 rings (SSSR count). The minimum Gasteiger partial charge on any atom is -0.493 e. The van der Waals surface area contributed by atoms with Gasteiger partial charge in [-0.3, -0.25) is 4.79 Å². The van der Waals surface area contributed by atoms with E-state index in [0.717, 1.165) is 11.1 Å². The second kappa shape index (κ2) is 11.8. The first-order valence-corrected chi connectivity index (χ1v) is 13.6. The van der Waals surface area contributed by atoms with Crippen LogP contribution in [-0.4, -0.2) is 34.1 Å². The van der Waals surface area contributed by atoms with Crippen molar-refractivity contribution in [2.24, 2.45) is 5.10 Å². The molecular weight excluding hydrogens is 642 g/mol. The van der Waals surface area contributed by atoms with E-state index in [2.05, 4.69) is 37.0 Å². The summed E-state index contributed by atoms with van der Waals surface area (Å²) < 4.78 is 14.1. The largest absolute Gasteiger partial charge is 0.493 e. The molecule has 0 fully saturated rings. The summed E-state index contributed by atoms with van der Waals surface area (Å²) in [5, 5.41) is 14.1. The molecule has 0 radical (unpaired) electrons. The van der Waals surface area contributed by atoms with E-state index in [1.807, 2.05) is 36.4 Å². The topological polar surface area (TPSA) is 103 Å². The van der Waals surface area contributed by atoms with Crippen LogP contribution in [0.15, 0.2) is 104 Å². The molecule has 10 heteroatoms. The van der Waals surface area contributed by atoms with Gasteiger partial charge in [-0.2, -0.15) is 9.78 Å². The van der Waals surface area contributed by atoms with Crippen molar-refractivity contribution in [2.45, 2.75) is 6.61 Å². The number of carboxylic acids is 1. The van der Waals surface area contributed by atoms with Gasteiger partial charge in [-0.1, -0.05) is 54.6 Å². The highest BCUT2D eigenvalue weighted by Crippen LogP contribution is 2.42. The number of para-hydroxylation sites is 1. The summed E-state index contributed by atoms with van der Waals surface area (Å²) in [6.45, 7) is 0.188. The fourth-order valence-corrected chi connectivity index (χ4v) is 4.94. The van der Waals surface area contributed by atoms with Crippen LogP contribution in [0.5, 0.6) is 11.5 Å². The van der Waals surface area contributed by atoms with Gasteiger partial charge in [0.2, 0.25) is 0 Å². The monoisotopic (exact) mass is 661 g/mol. The van der Waals surface area contributed by atoms with Crippen LogP contribution in [0.2, 0.25) is 0 Å². The van der Waals surface area contributed by atoms with Crippen molar-refractivity contribution < 1.29 is 19.4 Å². The summed E-state index contributed by atoms with van der Waals surface area (Å²) in [6, 6.07) is 24.7. The minimum absolute atomic E-state index is 0.188. The van der Waals surface area contributed by atoms with Crippen LogP contribution in [0.25, 0.3) is 22.3 Å². The highest BCUT2D eigenvalue weighted by atomic mass is 79.9. The number of hydrogen-bond acceptors (Lipinski definition) is 6. The van der Waals surface area contributed by atoms with Crippen LogP contribution in [0, 0.1) is 0 Å². The van der Waals surface area contributed by atoms with Crippen LogP contribution < -0.4 is 15.0 Å². The smallest absolute Gasteiger partial charge is 0.335 e. The predicted molar refractivity (Wildman–Crippen MR) is 161 cm³/mol. The van der Waals surface area contributed by atoms with Crippen molar-refractivity contribution in [3.05, 3.63) is 121 Å². The Bertz CT molecular complexity index is 1800. The van der Waals surface area contributed by atoms with Gasteiger partial charge in [0.25, 0.3) is 5.56 Å². The number of aromatic nitrogens is 2. The Morgan fingerprint density at radius 2 is 1.70 bits per heavy atom. The van der Waals surface area contributed by atoms with Crippen molar-refractivity contribution >= 4 is 54.9 Å². The van der Waals surface area contributed by atoms with E-state index in [-0.39, 0.29) is 17.7 Å². The molecule has 0 bridgehead atoms. The van der Waals surface area contributed by atoms with Crippen molar-refractivity contribution in [1.82, 2.24) is 9.66 Å². The van der Waals surface area contributed by atoms with Crippen LogP contribution in [0.3, 0.4) is 0 Å². The van der Waals surface area contributed by atoms with Gasteiger partial charge in [0, 0.05) is 15.6 Å². The van der Waals surface area contributed by atoms with Crippen molar-refractivity contribution in [2.75, 3.05) is 7.11 Å². The lowest BCUT2D eigenvalue weighted by Gasteiger charge is -2.15. The molecule has 1 N–H and O–H groups in total. The fourth-order valence-electron chi connectivity index (χ4n) is 4.01. The number of ether oxygens (including phenoxy) is 2. The molecule has 0 atom stereocenters. The number of hydrogen-bond donors (Lipinski definition) is 1. The van der Waals surface area contributed by atoms with Gasteiger partial charge < -0.3 is 14.6 Å². The maximum Gasteiger partial charge on any atom is 0.335 e. The van der Waals surface area contributed by atoms with E-state index in [1.54, 1.807) is 42.6 Å². The second-order valence-electron chi connectivity index (χ2n) is 8.60. The fraction of sp³-hybridized carbons (Fsp3) is 0.0667. The number of carbonyl (C=O) groups is 1. The maximum atomic E-state index is 13.5.